The molecule has 5 nitrogen and oxygen atoms in total. The van der Waals surface area contributed by atoms with Crippen molar-refractivity contribution in [1.82, 2.24) is 15.6 Å². The van der Waals surface area contributed by atoms with Gasteiger partial charge in [-0.05, 0) is 19.4 Å². The van der Waals surface area contributed by atoms with Gasteiger partial charge in [0, 0.05) is 36.0 Å². The Morgan fingerprint density at radius 3 is 2.92 bits per heavy atom. The van der Waals surface area contributed by atoms with Crippen molar-refractivity contribution in [2.45, 2.75) is 30.8 Å². The minimum atomic E-state index is -2.85. The molecular formula is C17H22F2N4OS2. The van der Waals surface area contributed by atoms with Crippen LogP contribution in [0.3, 0.4) is 0 Å². The van der Waals surface area contributed by atoms with E-state index in [9.17, 15) is 8.78 Å². The molecule has 26 heavy (non-hydrogen) atoms. The van der Waals surface area contributed by atoms with E-state index in [0.29, 0.717) is 11.5 Å². The third kappa shape index (κ3) is 7.57. The molecule has 1 aromatic heterocycles. The molecule has 0 unspecified atom stereocenters. The number of nitrogens with one attached hydrogen (secondary N) is 2. The van der Waals surface area contributed by atoms with Gasteiger partial charge in [0.2, 0.25) is 0 Å². The summed E-state index contributed by atoms with van der Waals surface area (Å²) in [6, 6.07) is 6.69. The predicted molar refractivity (Wildman–Crippen MR) is 103 cm³/mol. The van der Waals surface area contributed by atoms with Crippen molar-refractivity contribution in [1.29, 1.82) is 0 Å². The minimum absolute atomic E-state index is 0.155. The Balaban J connectivity index is 1.82. The molecule has 0 fully saturated rings. The maximum atomic E-state index is 12.5. The zero-order chi connectivity index (χ0) is 18.6. The van der Waals surface area contributed by atoms with Crippen LogP contribution < -0.4 is 15.4 Å². The highest BCUT2D eigenvalue weighted by Crippen LogP contribution is 2.21. The summed E-state index contributed by atoms with van der Waals surface area (Å²) >= 11 is 3.37. The van der Waals surface area contributed by atoms with Gasteiger partial charge in [0.15, 0.2) is 5.96 Å². The molecule has 0 bridgehead atoms. The van der Waals surface area contributed by atoms with E-state index in [0.717, 1.165) is 29.6 Å². The number of rotatable bonds is 10. The second kappa shape index (κ2) is 11.7. The van der Waals surface area contributed by atoms with Crippen LogP contribution in [0, 0.1) is 0 Å². The number of para-hydroxylation sites is 1. The molecule has 2 rings (SSSR count). The average Bonchev–Trinajstić information content (AvgIpc) is 3.13. The molecule has 1 heterocycles. The maximum absolute atomic E-state index is 12.5. The molecule has 9 heteroatoms. The Morgan fingerprint density at radius 1 is 1.35 bits per heavy atom. The Bertz CT molecular complexity index is 669. The van der Waals surface area contributed by atoms with Gasteiger partial charge in [-0.15, -0.1) is 11.3 Å². The van der Waals surface area contributed by atoms with Crippen LogP contribution in [0.4, 0.5) is 8.78 Å². The number of aliphatic imine (C=N–C) groups is 1. The monoisotopic (exact) mass is 400 g/mol. The number of thiazole rings is 1. The van der Waals surface area contributed by atoms with Crippen LogP contribution >= 0.6 is 23.1 Å². The molecule has 2 N–H and O–H groups in total. The number of hydrogen-bond acceptors (Lipinski definition) is 5. The standard InChI is InChI=1S/C17H22F2N4OS2/c1-2-20-16(21-8-5-10-25-17-22-9-11-26-17)23-12-13-6-3-4-7-14(13)24-15(18)19/h3-4,6-7,9,11,15H,2,5,8,10,12H2,1H3,(H2,20,21,23). The lowest BCUT2D eigenvalue weighted by atomic mass is 10.2. The number of nitrogens with zero attached hydrogens (tertiary/aromatic N) is 2. The molecule has 0 radical (unpaired) electrons. The fourth-order valence-electron chi connectivity index (χ4n) is 2.07. The van der Waals surface area contributed by atoms with Crippen LogP contribution in [-0.4, -0.2) is 36.4 Å². The van der Waals surface area contributed by atoms with Gasteiger partial charge in [-0.3, -0.25) is 0 Å². The number of guanidine groups is 1. The van der Waals surface area contributed by atoms with Crippen molar-refractivity contribution >= 4 is 29.1 Å². The van der Waals surface area contributed by atoms with Gasteiger partial charge in [-0.25, -0.2) is 9.98 Å². The third-order valence-corrected chi connectivity index (χ3v) is 5.24. The average molecular weight is 401 g/mol. The van der Waals surface area contributed by atoms with E-state index in [-0.39, 0.29) is 12.3 Å². The lowest BCUT2D eigenvalue weighted by molar-refractivity contribution is -0.0504. The molecule has 0 amide bonds. The first kappa shape index (κ1) is 20.4. The van der Waals surface area contributed by atoms with E-state index in [1.54, 1.807) is 47.5 Å². The molecule has 0 aliphatic carbocycles. The zero-order valence-electron chi connectivity index (χ0n) is 14.5. The Morgan fingerprint density at radius 2 is 2.19 bits per heavy atom. The molecule has 0 aliphatic heterocycles. The van der Waals surface area contributed by atoms with E-state index in [1.807, 2.05) is 12.3 Å². The summed E-state index contributed by atoms with van der Waals surface area (Å²) in [4.78, 5) is 8.68. The van der Waals surface area contributed by atoms with Gasteiger partial charge >= 0.3 is 6.61 Å². The fourth-order valence-corrected chi connectivity index (χ4v) is 3.72. The highest BCUT2D eigenvalue weighted by atomic mass is 32.2. The van der Waals surface area contributed by atoms with Gasteiger partial charge in [-0.2, -0.15) is 8.78 Å². The summed E-state index contributed by atoms with van der Waals surface area (Å²) in [6.45, 7) is 0.867. The first-order chi connectivity index (χ1) is 12.7. The van der Waals surface area contributed by atoms with Gasteiger partial charge in [0.1, 0.15) is 10.1 Å². The normalized spacial score (nSPS) is 11.6. The summed E-state index contributed by atoms with van der Waals surface area (Å²) in [6.07, 6.45) is 2.76. The van der Waals surface area contributed by atoms with Crippen molar-refractivity contribution in [2.75, 3.05) is 18.8 Å². The molecule has 0 saturated carbocycles. The lowest BCUT2D eigenvalue weighted by Gasteiger charge is -2.12. The molecular weight excluding hydrogens is 378 g/mol. The molecule has 142 valence electrons. The second-order valence-electron chi connectivity index (χ2n) is 5.11. The van der Waals surface area contributed by atoms with Crippen LogP contribution in [0.15, 0.2) is 45.2 Å². The van der Waals surface area contributed by atoms with Crippen LogP contribution in [0.25, 0.3) is 0 Å². The summed E-state index contributed by atoms with van der Waals surface area (Å²) in [5, 5.41) is 8.37. The van der Waals surface area contributed by atoms with E-state index in [4.69, 9.17) is 0 Å². The van der Waals surface area contributed by atoms with Crippen molar-refractivity contribution in [2.24, 2.45) is 4.99 Å². The van der Waals surface area contributed by atoms with Crippen molar-refractivity contribution in [3.63, 3.8) is 0 Å². The predicted octanol–water partition coefficient (Wildman–Crippen LogP) is 3.98. The molecule has 0 aliphatic rings. The number of halogens is 2. The number of aromatic nitrogens is 1. The molecule has 0 spiro atoms. The number of thioether (sulfide) groups is 1. The number of hydrogen-bond donors (Lipinski definition) is 2. The summed E-state index contributed by atoms with van der Waals surface area (Å²) in [5.41, 5.74) is 0.615. The maximum Gasteiger partial charge on any atom is 0.387 e. The molecule has 0 saturated heterocycles. The summed E-state index contributed by atoms with van der Waals surface area (Å²) < 4.78 is 30.6. The molecule has 0 atom stereocenters. The van der Waals surface area contributed by atoms with Gasteiger partial charge < -0.3 is 15.4 Å². The second-order valence-corrected chi connectivity index (χ2v) is 7.34. The third-order valence-electron chi connectivity index (χ3n) is 3.19. The molecule has 2 aromatic rings. The SMILES string of the molecule is CCNC(=NCc1ccccc1OC(F)F)NCCCSc1nccs1. The summed E-state index contributed by atoms with van der Waals surface area (Å²) in [5.74, 6) is 1.77. The van der Waals surface area contributed by atoms with E-state index in [1.165, 1.54) is 6.07 Å². The van der Waals surface area contributed by atoms with Crippen LogP contribution in [0.1, 0.15) is 18.9 Å². The Hall–Kier alpha value is -1.87. The fraction of sp³-hybridized carbons (Fsp3) is 0.412. The van der Waals surface area contributed by atoms with E-state index >= 15 is 0 Å². The number of ether oxygens (including phenoxy) is 1. The van der Waals surface area contributed by atoms with Crippen molar-refractivity contribution in [3.8, 4) is 5.75 Å². The van der Waals surface area contributed by atoms with Crippen molar-refractivity contribution < 1.29 is 13.5 Å². The summed E-state index contributed by atoms with van der Waals surface area (Å²) in [7, 11) is 0. The lowest BCUT2D eigenvalue weighted by Crippen LogP contribution is -2.37. The first-order valence-electron chi connectivity index (χ1n) is 8.26. The van der Waals surface area contributed by atoms with E-state index < -0.39 is 6.61 Å². The van der Waals surface area contributed by atoms with Gasteiger partial charge in [0.05, 0.1) is 6.54 Å². The van der Waals surface area contributed by atoms with Gasteiger partial charge in [-0.1, -0.05) is 30.0 Å². The number of alkyl halides is 2. The van der Waals surface area contributed by atoms with Crippen LogP contribution in [0.2, 0.25) is 0 Å². The highest BCUT2D eigenvalue weighted by Gasteiger charge is 2.09. The Labute approximate surface area is 160 Å². The van der Waals surface area contributed by atoms with E-state index in [2.05, 4.69) is 25.3 Å². The highest BCUT2D eigenvalue weighted by molar-refractivity contribution is 8.00. The molecule has 1 aromatic carbocycles. The first-order valence-corrected chi connectivity index (χ1v) is 10.1. The Kier molecular flexibility index (Phi) is 9.19. The van der Waals surface area contributed by atoms with Crippen LogP contribution in [-0.2, 0) is 6.54 Å². The number of benzene rings is 1. The minimum Gasteiger partial charge on any atom is -0.434 e. The topological polar surface area (TPSA) is 58.5 Å². The smallest absolute Gasteiger partial charge is 0.387 e. The van der Waals surface area contributed by atoms with Gasteiger partial charge in [0.25, 0.3) is 0 Å². The quantitative estimate of drug-likeness (QED) is 0.273. The van der Waals surface area contributed by atoms with Crippen molar-refractivity contribution in [3.05, 3.63) is 41.4 Å². The van der Waals surface area contributed by atoms with Crippen LogP contribution in [0.5, 0.6) is 5.75 Å². The largest absolute Gasteiger partial charge is 0.434 e. The zero-order valence-corrected chi connectivity index (χ0v) is 16.1.